The third-order valence-corrected chi connectivity index (χ3v) is 1.18. The Hall–Kier alpha value is -0.960. The minimum absolute atomic E-state index is 0.0362. The molecule has 0 aromatic carbocycles. The molecule has 1 rings (SSSR count). The third-order valence-electron chi connectivity index (χ3n) is 1.18. The molecule has 3 heteroatoms. The molecule has 1 heterocycles. The number of nitrogens with two attached hydrogens (primary N) is 1. The summed E-state index contributed by atoms with van der Waals surface area (Å²) < 4.78 is 0. The summed E-state index contributed by atoms with van der Waals surface area (Å²) in [6.07, 6.45) is 3.59. The Balaban J connectivity index is 2.63. The number of hydrogen-bond donors (Lipinski definition) is 3. The highest BCUT2D eigenvalue weighted by atomic mass is 16.3. The number of aliphatic hydroxyl groups excluding tert-OH is 1. The maximum Gasteiger partial charge on any atom is 0.0828 e. The van der Waals surface area contributed by atoms with Crippen LogP contribution in [0.3, 0.4) is 0 Å². The Morgan fingerprint density at radius 1 is 1.78 bits per heavy atom. The maximum atomic E-state index is 8.60. The molecule has 1 aliphatic heterocycles. The van der Waals surface area contributed by atoms with Gasteiger partial charge in [-0.05, 0) is 12.2 Å². The molecule has 0 aromatic heterocycles. The minimum atomic E-state index is 0.0362. The van der Waals surface area contributed by atoms with Crippen molar-refractivity contribution < 1.29 is 5.11 Å². The van der Waals surface area contributed by atoms with E-state index in [4.69, 9.17) is 10.8 Å². The number of rotatable bonds is 1. The van der Waals surface area contributed by atoms with Crippen molar-refractivity contribution in [1.82, 2.24) is 5.32 Å². The third kappa shape index (κ3) is 1.47. The Morgan fingerprint density at radius 3 is 3.00 bits per heavy atom. The van der Waals surface area contributed by atoms with E-state index >= 15 is 0 Å². The van der Waals surface area contributed by atoms with Gasteiger partial charge in [-0.1, -0.05) is 0 Å². The SMILES string of the molecule is NC1=CCNC(CO)=C1. The molecule has 0 amide bonds. The molecule has 0 bridgehead atoms. The highest BCUT2D eigenvalue weighted by molar-refractivity contribution is 5.24. The van der Waals surface area contributed by atoms with Crippen molar-refractivity contribution in [3.05, 3.63) is 23.5 Å². The highest BCUT2D eigenvalue weighted by Gasteiger charge is 1.98. The summed E-state index contributed by atoms with van der Waals surface area (Å²) in [5.41, 5.74) is 6.94. The molecule has 9 heavy (non-hydrogen) atoms. The zero-order valence-corrected chi connectivity index (χ0v) is 5.09. The van der Waals surface area contributed by atoms with Gasteiger partial charge in [0, 0.05) is 17.9 Å². The molecule has 0 saturated carbocycles. The van der Waals surface area contributed by atoms with E-state index in [1.807, 2.05) is 6.08 Å². The molecule has 1 aliphatic rings. The monoisotopic (exact) mass is 126 g/mol. The Morgan fingerprint density at radius 2 is 2.56 bits per heavy atom. The van der Waals surface area contributed by atoms with Crippen molar-refractivity contribution >= 4 is 0 Å². The first-order valence-electron chi connectivity index (χ1n) is 2.84. The van der Waals surface area contributed by atoms with E-state index in [-0.39, 0.29) is 6.61 Å². The summed E-state index contributed by atoms with van der Waals surface area (Å²) >= 11 is 0. The van der Waals surface area contributed by atoms with E-state index in [1.54, 1.807) is 6.08 Å². The Bertz CT molecular complexity index is 160. The van der Waals surface area contributed by atoms with Crippen LogP contribution in [0.2, 0.25) is 0 Å². The molecule has 50 valence electrons. The molecule has 0 fully saturated rings. The zero-order valence-electron chi connectivity index (χ0n) is 5.09. The van der Waals surface area contributed by atoms with Crippen LogP contribution in [-0.4, -0.2) is 18.3 Å². The van der Waals surface area contributed by atoms with Crippen molar-refractivity contribution in [3.63, 3.8) is 0 Å². The van der Waals surface area contributed by atoms with Gasteiger partial charge in [0.25, 0.3) is 0 Å². The van der Waals surface area contributed by atoms with Crippen molar-refractivity contribution in [2.24, 2.45) is 5.73 Å². The zero-order chi connectivity index (χ0) is 6.69. The van der Waals surface area contributed by atoms with Crippen molar-refractivity contribution in [1.29, 1.82) is 0 Å². The summed E-state index contributed by atoms with van der Waals surface area (Å²) in [7, 11) is 0. The smallest absolute Gasteiger partial charge is 0.0828 e. The molecular weight excluding hydrogens is 116 g/mol. The van der Waals surface area contributed by atoms with Gasteiger partial charge in [-0.3, -0.25) is 0 Å². The van der Waals surface area contributed by atoms with Crippen LogP contribution in [0.25, 0.3) is 0 Å². The molecule has 0 spiro atoms. The van der Waals surface area contributed by atoms with Crippen molar-refractivity contribution in [2.75, 3.05) is 13.2 Å². The molecule has 3 nitrogen and oxygen atoms in total. The van der Waals surface area contributed by atoms with Gasteiger partial charge in [-0.25, -0.2) is 0 Å². The average Bonchev–Trinajstić information content (AvgIpc) is 1.88. The van der Waals surface area contributed by atoms with E-state index < -0.39 is 0 Å². The highest BCUT2D eigenvalue weighted by Crippen LogP contribution is 1.98. The van der Waals surface area contributed by atoms with Gasteiger partial charge < -0.3 is 16.2 Å². The molecule has 0 unspecified atom stereocenters. The van der Waals surface area contributed by atoms with Crippen molar-refractivity contribution in [2.45, 2.75) is 0 Å². The van der Waals surface area contributed by atoms with Gasteiger partial charge in [-0.2, -0.15) is 0 Å². The van der Waals surface area contributed by atoms with Crippen LogP contribution in [0, 0.1) is 0 Å². The predicted octanol–water partition coefficient (Wildman–Crippen LogP) is -0.692. The Labute approximate surface area is 53.9 Å². The number of allylic oxidation sites excluding steroid dienone is 1. The molecule has 0 aliphatic carbocycles. The fraction of sp³-hybridized carbons (Fsp3) is 0.333. The van der Waals surface area contributed by atoms with E-state index in [0.717, 1.165) is 17.9 Å². The minimum Gasteiger partial charge on any atom is -0.399 e. The van der Waals surface area contributed by atoms with Gasteiger partial charge in [0.1, 0.15) is 0 Å². The van der Waals surface area contributed by atoms with E-state index in [9.17, 15) is 0 Å². The molecular formula is C6H10N2O. The average molecular weight is 126 g/mol. The summed E-state index contributed by atoms with van der Waals surface area (Å²) in [6, 6.07) is 0. The normalized spacial score (nSPS) is 17.9. The second kappa shape index (κ2) is 2.55. The largest absolute Gasteiger partial charge is 0.399 e. The van der Waals surface area contributed by atoms with Crippen LogP contribution in [0.5, 0.6) is 0 Å². The number of nitrogens with one attached hydrogen (secondary N) is 1. The molecule has 0 radical (unpaired) electrons. The van der Waals surface area contributed by atoms with Crippen LogP contribution in [-0.2, 0) is 0 Å². The fourth-order valence-corrected chi connectivity index (χ4v) is 0.713. The first kappa shape index (κ1) is 6.16. The summed E-state index contributed by atoms with van der Waals surface area (Å²) in [5.74, 6) is 0. The lowest BCUT2D eigenvalue weighted by molar-refractivity contribution is 0.322. The molecule has 0 saturated heterocycles. The van der Waals surface area contributed by atoms with E-state index in [1.165, 1.54) is 0 Å². The van der Waals surface area contributed by atoms with E-state index in [0.29, 0.717) is 0 Å². The second-order valence-electron chi connectivity index (χ2n) is 1.91. The lowest BCUT2D eigenvalue weighted by Gasteiger charge is -2.10. The van der Waals surface area contributed by atoms with Crippen LogP contribution >= 0.6 is 0 Å². The maximum absolute atomic E-state index is 8.60. The van der Waals surface area contributed by atoms with Crippen LogP contribution < -0.4 is 11.1 Å². The van der Waals surface area contributed by atoms with Gasteiger partial charge in [0.15, 0.2) is 0 Å². The number of hydrogen-bond acceptors (Lipinski definition) is 3. The predicted molar refractivity (Wildman–Crippen MR) is 35.4 cm³/mol. The summed E-state index contributed by atoms with van der Waals surface area (Å²) in [6.45, 7) is 0.757. The first-order chi connectivity index (χ1) is 4.33. The van der Waals surface area contributed by atoms with Gasteiger partial charge >= 0.3 is 0 Å². The van der Waals surface area contributed by atoms with Crippen LogP contribution in [0.15, 0.2) is 23.5 Å². The molecule has 0 aromatic rings. The standard InChI is InChI=1S/C6H10N2O/c7-5-1-2-8-6(3-5)4-9/h1,3,8-9H,2,4,7H2. The van der Waals surface area contributed by atoms with Crippen LogP contribution in [0.1, 0.15) is 0 Å². The second-order valence-corrected chi connectivity index (χ2v) is 1.91. The van der Waals surface area contributed by atoms with Gasteiger partial charge in [-0.15, -0.1) is 0 Å². The Kier molecular flexibility index (Phi) is 1.75. The molecule has 4 N–H and O–H groups in total. The summed E-state index contributed by atoms with van der Waals surface area (Å²) in [4.78, 5) is 0. The van der Waals surface area contributed by atoms with E-state index in [2.05, 4.69) is 5.32 Å². The van der Waals surface area contributed by atoms with Gasteiger partial charge in [0.2, 0.25) is 0 Å². The lowest BCUT2D eigenvalue weighted by Crippen LogP contribution is -2.21. The lowest BCUT2D eigenvalue weighted by atomic mass is 10.2. The topological polar surface area (TPSA) is 58.3 Å². The molecule has 0 atom stereocenters. The quantitative estimate of drug-likeness (QED) is 0.436. The number of aliphatic hydroxyl groups is 1. The van der Waals surface area contributed by atoms with Gasteiger partial charge in [0.05, 0.1) is 6.61 Å². The first-order valence-corrected chi connectivity index (χ1v) is 2.84. The van der Waals surface area contributed by atoms with Crippen molar-refractivity contribution in [3.8, 4) is 0 Å². The summed E-state index contributed by atoms with van der Waals surface area (Å²) in [5, 5.41) is 11.5. The van der Waals surface area contributed by atoms with Crippen LogP contribution in [0.4, 0.5) is 0 Å². The number of dihydropyridines is 1. The fourth-order valence-electron chi connectivity index (χ4n) is 0.713.